The Kier molecular flexibility index (Phi) is 5.19. The van der Waals surface area contributed by atoms with Gasteiger partial charge in [-0.05, 0) is 31.2 Å². The maximum Gasteiger partial charge on any atom is 0.251 e. The van der Waals surface area contributed by atoms with Crippen molar-refractivity contribution in [1.82, 2.24) is 19.1 Å². The van der Waals surface area contributed by atoms with Crippen molar-refractivity contribution in [3.05, 3.63) is 54.6 Å². The van der Waals surface area contributed by atoms with Gasteiger partial charge in [-0.25, -0.2) is 18.7 Å². The summed E-state index contributed by atoms with van der Waals surface area (Å²) in [4.78, 5) is 11.1. The summed E-state index contributed by atoms with van der Waals surface area (Å²) in [6.45, 7) is 2.52. The molecule has 0 atom stereocenters. The first-order valence-corrected chi connectivity index (χ1v) is 10.9. The zero-order valence-corrected chi connectivity index (χ0v) is 18.8. The molecule has 33 heavy (non-hydrogen) atoms. The minimum absolute atomic E-state index is 0.149. The number of nitrogens with zero attached hydrogens (tertiary/aromatic N) is 5. The van der Waals surface area contributed by atoms with E-state index in [2.05, 4.69) is 10.3 Å². The van der Waals surface area contributed by atoms with Crippen molar-refractivity contribution in [2.75, 3.05) is 30.4 Å². The number of nitrogens with one attached hydrogen (secondary N) is 1. The number of methoxy groups -OCH3 is 1. The minimum atomic E-state index is -2.59. The lowest BCUT2D eigenvalue weighted by molar-refractivity contribution is -0.0223. The Morgan fingerprint density at radius 3 is 2.61 bits per heavy atom. The predicted molar refractivity (Wildman–Crippen MR) is 125 cm³/mol. The summed E-state index contributed by atoms with van der Waals surface area (Å²) in [5.41, 5.74) is 5.23. The molecule has 1 aliphatic heterocycles. The molecule has 4 aromatic rings. The summed E-state index contributed by atoms with van der Waals surface area (Å²) in [6.07, 6.45) is 3.40. The molecule has 0 spiro atoms. The van der Waals surface area contributed by atoms with E-state index in [0.29, 0.717) is 24.8 Å². The van der Waals surface area contributed by atoms with Gasteiger partial charge in [0.25, 0.3) is 5.92 Å². The van der Waals surface area contributed by atoms with E-state index >= 15 is 0 Å². The van der Waals surface area contributed by atoms with Crippen LogP contribution in [0.1, 0.15) is 18.5 Å². The average molecular weight is 453 g/mol. The van der Waals surface area contributed by atoms with Crippen LogP contribution in [0.2, 0.25) is 0 Å². The van der Waals surface area contributed by atoms with E-state index in [1.165, 1.54) is 0 Å². The zero-order chi connectivity index (χ0) is 23.2. The number of rotatable bonds is 5. The topological polar surface area (TPSA) is 60.1 Å². The Hall–Kier alpha value is -3.62. The van der Waals surface area contributed by atoms with Gasteiger partial charge in [0.15, 0.2) is 0 Å². The van der Waals surface area contributed by atoms with E-state index in [9.17, 15) is 8.78 Å². The molecule has 0 unspecified atom stereocenters. The number of benzene rings is 2. The Labute approximate surface area is 190 Å². The fourth-order valence-corrected chi connectivity index (χ4v) is 4.30. The van der Waals surface area contributed by atoms with Crippen molar-refractivity contribution >= 4 is 28.4 Å². The van der Waals surface area contributed by atoms with E-state index in [4.69, 9.17) is 9.72 Å². The Morgan fingerprint density at radius 1 is 1.12 bits per heavy atom. The molecule has 3 heterocycles. The summed E-state index contributed by atoms with van der Waals surface area (Å²) < 4.78 is 36.8. The normalized spacial score (nSPS) is 15.7. The summed E-state index contributed by atoms with van der Waals surface area (Å²) in [7, 11) is 3.56. The molecule has 9 heteroatoms. The Balaban J connectivity index is 1.46. The average Bonchev–Trinajstić information content (AvgIpc) is 3.38. The maximum atomic E-state index is 13.6. The summed E-state index contributed by atoms with van der Waals surface area (Å²) in [5, 5.41) is 3.44. The molecule has 0 amide bonds. The van der Waals surface area contributed by atoms with Crippen molar-refractivity contribution in [2.45, 2.75) is 25.7 Å². The largest absolute Gasteiger partial charge is 0.494 e. The summed E-state index contributed by atoms with van der Waals surface area (Å²) >= 11 is 0. The molecule has 5 rings (SSSR count). The van der Waals surface area contributed by atoms with Crippen LogP contribution in [0.15, 0.2) is 48.9 Å². The van der Waals surface area contributed by atoms with Crippen molar-refractivity contribution in [1.29, 1.82) is 0 Å². The molecular formula is C24H26F2N6O. The second-order valence-electron chi connectivity index (χ2n) is 8.42. The zero-order valence-electron chi connectivity index (χ0n) is 18.8. The number of hydrogen-bond donors (Lipinski definition) is 1. The monoisotopic (exact) mass is 452 g/mol. The second-order valence-corrected chi connectivity index (χ2v) is 8.42. The number of hydrogen-bond acceptors (Lipinski definition) is 5. The Morgan fingerprint density at radius 2 is 1.91 bits per heavy atom. The van der Waals surface area contributed by atoms with Crippen LogP contribution in [0, 0.1) is 6.92 Å². The van der Waals surface area contributed by atoms with Gasteiger partial charge >= 0.3 is 0 Å². The molecule has 1 aliphatic rings. The fraction of sp³-hybridized carbons (Fsp3) is 0.333. The van der Waals surface area contributed by atoms with E-state index in [1.54, 1.807) is 13.4 Å². The fourth-order valence-electron chi connectivity index (χ4n) is 4.30. The molecule has 7 nitrogen and oxygen atoms in total. The van der Waals surface area contributed by atoms with Gasteiger partial charge < -0.3 is 24.1 Å². The highest BCUT2D eigenvalue weighted by Gasteiger charge is 2.35. The number of piperidine rings is 1. The molecule has 2 aromatic carbocycles. The second kappa shape index (κ2) is 8.06. The summed E-state index contributed by atoms with van der Waals surface area (Å²) in [6, 6.07) is 11.8. The highest BCUT2D eigenvalue weighted by atomic mass is 19.3. The first-order valence-electron chi connectivity index (χ1n) is 10.9. The molecule has 1 N–H and O–H groups in total. The molecule has 1 saturated heterocycles. The van der Waals surface area contributed by atoms with Gasteiger partial charge in [-0.3, -0.25) is 0 Å². The van der Waals surface area contributed by atoms with E-state index in [1.807, 2.05) is 70.6 Å². The molecule has 2 aromatic heterocycles. The highest BCUT2D eigenvalue weighted by Crippen LogP contribution is 2.34. The lowest BCUT2D eigenvalue weighted by Crippen LogP contribution is -2.40. The van der Waals surface area contributed by atoms with Gasteiger partial charge in [0, 0.05) is 50.9 Å². The van der Waals surface area contributed by atoms with E-state index in [-0.39, 0.29) is 12.8 Å². The van der Waals surface area contributed by atoms with Crippen molar-refractivity contribution in [3.63, 3.8) is 0 Å². The quantitative estimate of drug-likeness (QED) is 0.459. The molecule has 0 radical (unpaired) electrons. The van der Waals surface area contributed by atoms with Crippen molar-refractivity contribution in [3.8, 4) is 11.4 Å². The van der Waals surface area contributed by atoms with Gasteiger partial charge in [-0.15, -0.1) is 0 Å². The number of para-hydroxylation sites is 1. The van der Waals surface area contributed by atoms with Crippen LogP contribution in [-0.4, -0.2) is 45.2 Å². The molecule has 1 fully saturated rings. The van der Waals surface area contributed by atoms with Crippen LogP contribution in [0.5, 0.6) is 5.75 Å². The van der Waals surface area contributed by atoms with Crippen LogP contribution in [-0.2, 0) is 7.05 Å². The third-order valence-electron chi connectivity index (χ3n) is 6.11. The van der Waals surface area contributed by atoms with Gasteiger partial charge in [0.1, 0.15) is 11.3 Å². The van der Waals surface area contributed by atoms with Gasteiger partial charge in [-0.2, -0.15) is 0 Å². The number of halogens is 2. The van der Waals surface area contributed by atoms with Crippen molar-refractivity contribution in [2.24, 2.45) is 7.05 Å². The van der Waals surface area contributed by atoms with Crippen LogP contribution < -0.4 is 15.0 Å². The summed E-state index contributed by atoms with van der Waals surface area (Å²) in [5.74, 6) is -1.17. The van der Waals surface area contributed by atoms with Crippen LogP contribution >= 0.6 is 0 Å². The number of aromatic nitrogens is 4. The molecule has 0 aliphatic carbocycles. The molecular weight excluding hydrogens is 426 g/mol. The number of aryl methyl sites for hydroxylation is 2. The standard InChI is InChI=1S/C24H26F2N6O/c1-16-14-32(15-27-16)19-8-7-17(13-21(19)33-3)28-18-5-4-6-20-22(18)29-23(30(20)2)31-11-9-24(25,26)10-12-31/h4-8,13-15,28H,9-12H2,1-3H3. The first kappa shape index (κ1) is 21.2. The van der Waals surface area contributed by atoms with Crippen LogP contribution in [0.4, 0.5) is 26.1 Å². The highest BCUT2D eigenvalue weighted by molar-refractivity contribution is 5.92. The smallest absolute Gasteiger partial charge is 0.251 e. The van der Waals surface area contributed by atoms with Gasteiger partial charge in [-0.1, -0.05) is 6.07 Å². The van der Waals surface area contributed by atoms with Crippen LogP contribution in [0.25, 0.3) is 16.7 Å². The maximum absolute atomic E-state index is 13.6. The molecule has 0 bridgehead atoms. The van der Waals surface area contributed by atoms with Crippen molar-refractivity contribution < 1.29 is 13.5 Å². The van der Waals surface area contributed by atoms with E-state index < -0.39 is 5.92 Å². The SMILES string of the molecule is COc1cc(Nc2cccc3c2nc(N2CCC(F)(F)CC2)n3C)ccc1-n1cnc(C)c1. The van der Waals surface area contributed by atoms with Crippen LogP contribution in [0.3, 0.4) is 0 Å². The predicted octanol–water partition coefficient (Wildman–Crippen LogP) is 5.06. The molecule has 0 saturated carbocycles. The minimum Gasteiger partial charge on any atom is -0.494 e. The lowest BCUT2D eigenvalue weighted by atomic mass is 10.1. The van der Waals surface area contributed by atoms with Gasteiger partial charge in [0.05, 0.1) is 36.0 Å². The Bertz CT molecular complexity index is 1300. The third-order valence-corrected chi connectivity index (χ3v) is 6.11. The number of fused-ring (bicyclic) bond motifs is 1. The number of ether oxygens (including phenoxy) is 1. The number of anilines is 3. The van der Waals surface area contributed by atoms with E-state index in [0.717, 1.165) is 33.8 Å². The third kappa shape index (κ3) is 3.99. The number of alkyl halides is 2. The van der Waals surface area contributed by atoms with Gasteiger partial charge in [0.2, 0.25) is 5.95 Å². The lowest BCUT2D eigenvalue weighted by Gasteiger charge is -2.32. The first-order chi connectivity index (χ1) is 15.8. The number of imidazole rings is 2. The molecule has 172 valence electrons.